The van der Waals surface area contributed by atoms with Gasteiger partial charge in [0.2, 0.25) is 5.91 Å². The minimum absolute atomic E-state index is 0.113. The van der Waals surface area contributed by atoms with Crippen molar-refractivity contribution in [2.75, 3.05) is 16.4 Å². The van der Waals surface area contributed by atoms with Gasteiger partial charge in [-0.05, 0) is 43.2 Å². The fourth-order valence-corrected chi connectivity index (χ4v) is 4.96. The van der Waals surface area contributed by atoms with Crippen LogP contribution in [0.1, 0.15) is 24.0 Å². The van der Waals surface area contributed by atoms with E-state index in [1.807, 2.05) is 98.8 Å². The third kappa shape index (κ3) is 5.68. The van der Waals surface area contributed by atoms with E-state index in [1.54, 1.807) is 0 Å². The average Bonchev–Trinajstić information content (AvgIpc) is 2.89. The molecule has 0 saturated heterocycles. The highest BCUT2D eigenvalue weighted by atomic mass is 32.2. The Kier molecular flexibility index (Phi) is 7.89. The second-order valence-electron chi connectivity index (χ2n) is 8.33. The topological polar surface area (TPSA) is 94.0 Å². The molecule has 1 aliphatic heterocycles. The van der Waals surface area contributed by atoms with Crippen molar-refractivity contribution in [3.63, 3.8) is 0 Å². The van der Waals surface area contributed by atoms with Crippen LogP contribution in [0.2, 0.25) is 0 Å². The molecule has 0 spiro atoms. The maximum absolute atomic E-state index is 13.4. The molecule has 6 nitrogen and oxygen atoms in total. The summed E-state index contributed by atoms with van der Waals surface area (Å²) in [6, 6.07) is 28.6. The van der Waals surface area contributed by atoms with Gasteiger partial charge in [-0.2, -0.15) is 5.26 Å². The van der Waals surface area contributed by atoms with Gasteiger partial charge in [-0.25, -0.2) is 0 Å². The Bertz CT molecular complexity index is 1380. The largest absolute Gasteiger partial charge is 0.353 e. The molecule has 1 unspecified atom stereocenters. The Hall–Kier alpha value is -4.28. The zero-order chi connectivity index (χ0) is 25.5. The summed E-state index contributed by atoms with van der Waals surface area (Å²) in [5, 5.41) is 19.8. The van der Waals surface area contributed by atoms with Crippen LogP contribution in [-0.4, -0.2) is 17.6 Å². The molecule has 36 heavy (non-hydrogen) atoms. The Morgan fingerprint density at radius 3 is 2.22 bits per heavy atom. The van der Waals surface area contributed by atoms with Gasteiger partial charge < -0.3 is 16.0 Å². The molecule has 0 saturated carbocycles. The fraction of sp³-hybridized carbons (Fsp3) is 0.138. The maximum Gasteiger partial charge on any atom is 0.254 e. The highest BCUT2D eigenvalue weighted by Gasteiger charge is 2.34. The number of allylic oxidation sites excluding steroid dienone is 2. The van der Waals surface area contributed by atoms with Gasteiger partial charge in [-0.1, -0.05) is 78.5 Å². The van der Waals surface area contributed by atoms with E-state index in [2.05, 4.69) is 22.0 Å². The van der Waals surface area contributed by atoms with E-state index in [-0.39, 0.29) is 17.6 Å². The quantitative estimate of drug-likeness (QED) is 0.392. The van der Waals surface area contributed by atoms with Gasteiger partial charge >= 0.3 is 0 Å². The number of benzene rings is 3. The van der Waals surface area contributed by atoms with E-state index < -0.39 is 5.92 Å². The second kappa shape index (κ2) is 11.4. The van der Waals surface area contributed by atoms with Crippen molar-refractivity contribution in [2.45, 2.75) is 19.8 Å². The number of carbonyl (C=O) groups excluding carboxylic acids is 2. The van der Waals surface area contributed by atoms with Crippen molar-refractivity contribution in [2.24, 2.45) is 0 Å². The molecule has 1 heterocycles. The van der Waals surface area contributed by atoms with Crippen molar-refractivity contribution in [1.29, 1.82) is 5.26 Å². The molecule has 0 aliphatic carbocycles. The van der Waals surface area contributed by atoms with Crippen LogP contribution in [0.4, 0.5) is 11.4 Å². The van der Waals surface area contributed by atoms with Crippen LogP contribution in [0.3, 0.4) is 0 Å². The van der Waals surface area contributed by atoms with E-state index in [0.29, 0.717) is 27.6 Å². The van der Waals surface area contributed by atoms with Gasteiger partial charge in [0.05, 0.1) is 28.3 Å². The van der Waals surface area contributed by atoms with Gasteiger partial charge in [0.1, 0.15) is 0 Å². The number of rotatable bonds is 7. The first-order valence-electron chi connectivity index (χ1n) is 11.5. The smallest absolute Gasteiger partial charge is 0.254 e. The number of carbonyl (C=O) groups is 2. The van der Waals surface area contributed by atoms with Gasteiger partial charge in [0, 0.05) is 22.6 Å². The summed E-state index contributed by atoms with van der Waals surface area (Å²) in [6.07, 6.45) is 0. The Morgan fingerprint density at radius 2 is 1.56 bits per heavy atom. The third-order valence-corrected chi connectivity index (χ3v) is 6.84. The van der Waals surface area contributed by atoms with Crippen molar-refractivity contribution >= 4 is 35.0 Å². The maximum atomic E-state index is 13.4. The summed E-state index contributed by atoms with van der Waals surface area (Å²) in [7, 11) is 0. The predicted octanol–water partition coefficient (Wildman–Crippen LogP) is 5.70. The van der Waals surface area contributed by atoms with Gasteiger partial charge in [-0.3, -0.25) is 9.59 Å². The molecule has 3 N–H and O–H groups in total. The standard InChI is InChI=1S/C29H26N4O2S/c1-19-11-9-10-16-24(19)33-25(34)18-36-29-23(17-30)27(21-12-5-3-6-13-21)26(20(2)31-29)28(35)32-22-14-7-4-8-15-22/h3-16,27,31H,18H2,1-2H3,(H,32,35)(H,33,34). The van der Waals surface area contributed by atoms with E-state index in [4.69, 9.17) is 0 Å². The summed E-state index contributed by atoms with van der Waals surface area (Å²) < 4.78 is 0. The molecule has 3 aromatic carbocycles. The molecule has 0 bridgehead atoms. The second-order valence-corrected chi connectivity index (χ2v) is 9.32. The normalized spacial score (nSPS) is 15.1. The SMILES string of the molecule is CC1=C(C(=O)Nc2ccccc2)C(c2ccccc2)C(C#N)=C(SCC(=O)Nc2ccccc2C)N1. The van der Waals surface area contributed by atoms with Crippen molar-refractivity contribution in [3.8, 4) is 6.07 Å². The Labute approximate surface area is 215 Å². The number of nitrogens with one attached hydrogen (secondary N) is 3. The lowest BCUT2D eigenvalue weighted by Crippen LogP contribution is -2.31. The molecular formula is C29H26N4O2S. The fourth-order valence-electron chi connectivity index (χ4n) is 4.06. The average molecular weight is 495 g/mol. The number of para-hydroxylation sites is 2. The lowest BCUT2D eigenvalue weighted by Gasteiger charge is -2.30. The summed E-state index contributed by atoms with van der Waals surface area (Å²) in [5.74, 6) is -0.911. The number of thioether (sulfide) groups is 1. The minimum atomic E-state index is -0.567. The highest BCUT2D eigenvalue weighted by molar-refractivity contribution is 8.03. The number of hydrogen-bond donors (Lipinski definition) is 3. The van der Waals surface area contributed by atoms with Gasteiger partial charge in [-0.15, -0.1) is 0 Å². The first-order chi connectivity index (χ1) is 17.5. The van der Waals surface area contributed by atoms with Crippen molar-refractivity contribution in [3.05, 3.63) is 118 Å². The molecule has 0 radical (unpaired) electrons. The van der Waals surface area contributed by atoms with Gasteiger partial charge in [0.25, 0.3) is 5.91 Å². The first kappa shape index (κ1) is 24.8. The Morgan fingerprint density at radius 1 is 0.917 bits per heavy atom. The number of anilines is 2. The van der Waals surface area contributed by atoms with Crippen LogP contribution in [-0.2, 0) is 9.59 Å². The number of hydrogen-bond acceptors (Lipinski definition) is 5. The van der Waals surface area contributed by atoms with E-state index in [1.165, 1.54) is 11.8 Å². The number of nitriles is 1. The monoisotopic (exact) mass is 494 g/mol. The summed E-state index contributed by atoms with van der Waals surface area (Å²) in [5.41, 5.74) is 4.74. The lowest BCUT2D eigenvalue weighted by atomic mass is 9.82. The molecular weight excluding hydrogens is 468 g/mol. The number of dihydropyridines is 1. The molecule has 0 fully saturated rings. The molecule has 1 atom stereocenters. The molecule has 3 aromatic rings. The number of nitrogens with zero attached hydrogens (tertiary/aromatic N) is 1. The van der Waals surface area contributed by atoms with E-state index in [0.717, 1.165) is 16.8 Å². The van der Waals surface area contributed by atoms with E-state index >= 15 is 0 Å². The molecule has 4 rings (SSSR count). The van der Waals surface area contributed by atoms with Crippen LogP contribution >= 0.6 is 11.8 Å². The summed E-state index contributed by atoms with van der Waals surface area (Å²) in [4.78, 5) is 26.1. The predicted molar refractivity (Wildman–Crippen MR) is 145 cm³/mol. The number of aryl methyl sites for hydroxylation is 1. The molecule has 0 aromatic heterocycles. The third-order valence-electron chi connectivity index (χ3n) is 5.82. The van der Waals surface area contributed by atoms with Crippen molar-refractivity contribution in [1.82, 2.24) is 5.32 Å². The zero-order valence-corrected chi connectivity index (χ0v) is 20.9. The van der Waals surface area contributed by atoms with Crippen LogP contribution in [0.5, 0.6) is 0 Å². The highest BCUT2D eigenvalue weighted by Crippen LogP contribution is 2.40. The minimum Gasteiger partial charge on any atom is -0.353 e. The van der Waals surface area contributed by atoms with Crippen molar-refractivity contribution < 1.29 is 9.59 Å². The van der Waals surface area contributed by atoms with Gasteiger partial charge in [0.15, 0.2) is 0 Å². The van der Waals surface area contributed by atoms with Crippen LogP contribution in [0.25, 0.3) is 0 Å². The Balaban J connectivity index is 1.61. The van der Waals surface area contributed by atoms with E-state index in [9.17, 15) is 14.9 Å². The molecule has 7 heteroatoms. The number of amides is 2. The summed E-state index contributed by atoms with van der Waals surface area (Å²) >= 11 is 1.25. The summed E-state index contributed by atoms with van der Waals surface area (Å²) in [6.45, 7) is 3.75. The molecule has 180 valence electrons. The van der Waals surface area contributed by atoms with Crippen LogP contribution in [0.15, 0.2) is 107 Å². The lowest BCUT2D eigenvalue weighted by molar-refractivity contribution is -0.114. The first-order valence-corrected chi connectivity index (χ1v) is 12.5. The van der Waals surface area contributed by atoms with Crippen LogP contribution < -0.4 is 16.0 Å². The van der Waals surface area contributed by atoms with Crippen LogP contribution in [0, 0.1) is 18.3 Å². The zero-order valence-electron chi connectivity index (χ0n) is 20.0. The molecule has 2 amide bonds. The molecule has 1 aliphatic rings.